The summed E-state index contributed by atoms with van der Waals surface area (Å²) in [5, 5.41) is 10.3. The Balaban J connectivity index is 1.71. The van der Waals surface area contributed by atoms with Crippen LogP contribution in [0.1, 0.15) is 23.6 Å². The van der Waals surface area contributed by atoms with Crippen molar-refractivity contribution in [2.45, 2.75) is 25.2 Å². The molecule has 1 N–H and O–H groups in total. The number of benzene rings is 2. The van der Waals surface area contributed by atoms with E-state index in [1.54, 1.807) is 4.90 Å². The first-order valence-electron chi connectivity index (χ1n) is 7.56. The van der Waals surface area contributed by atoms with Crippen molar-refractivity contribution in [2.75, 3.05) is 6.54 Å². The SMILES string of the molecule is O=C(OCc1ccccc1)N1CC[C@@H](O)[C@H]1c1cccc(Br)c1. The van der Waals surface area contributed by atoms with Gasteiger partial charge in [-0.3, -0.25) is 4.90 Å². The molecule has 2 aromatic carbocycles. The van der Waals surface area contributed by atoms with E-state index in [1.165, 1.54) is 0 Å². The van der Waals surface area contributed by atoms with Crippen LogP contribution in [-0.2, 0) is 11.3 Å². The van der Waals surface area contributed by atoms with E-state index in [0.717, 1.165) is 15.6 Å². The van der Waals surface area contributed by atoms with Crippen LogP contribution in [0.25, 0.3) is 0 Å². The Morgan fingerprint density at radius 2 is 2.00 bits per heavy atom. The summed E-state index contributed by atoms with van der Waals surface area (Å²) in [6, 6.07) is 16.9. The normalized spacial score (nSPS) is 20.5. The van der Waals surface area contributed by atoms with E-state index < -0.39 is 12.2 Å². The molecule has 1 saturated heterocycles. The Hall–Kier alpha value is -1.85. The van der Waals surface area contributed by atoms with Gasteiger partial charge in [0.2, 0.25) is 0 Å². The first-order valence-corrected chi connectivity index (χ1v) is 8.35. The van der Waals surface area contributed by atoms with Crippen molar-refractivity contribution in [1.29, 1.82) is 0 Å². The maximum Gasteiger partial charge on any atom is 0.410 e. The Morgan fingerprint density at radius 1 is 1.22 bits per heavy atom. The van der Waals surface area contributed by atoms with Crippen molar-refractivity contribution in [3.63, 3.8) is 0 Å². The van der Waals surface area contributed by atoms with Crippen molar-refractivity contribution >= 4 is 22.0 Å². The molecule has 1 amide bonds. The highest BCUT2D eigenvalue weighted by molar-refractivity contribution is 9.10. The van der Waals surface area contributed by atoms with Gasteiger partial charge in [0.05, 0.1) is 12.1 Å². The number of ether oxygens (including phenoxy) is 1. The summed E-state index contributed by atoms with van der Waals surface area (Å²) < 4.78 is 6.33. The lowest BCUT2D eigenvalue weighted by molar-refractivity contribution is 0.0714. The number of amides is 1. The molecule has 1 heterocycles. The van der Waals surface area contributed by atoms with Gasteiger partial charge in [0.25, 0.3) is 0 Å². The molecule has 1 aliphatic heterocycles. The highest BCUT2D eigenvalue weighted by Crippen LogP contribution is 2.34. The molecule has 0 aromatic heterocycles. The fourth-order valence-corrected chi connectivity index (χ4v) is 3.29. The number of hydrogen-bond donors (Lipinski definition) is 1. The molecule has 0 aliphatic carbocycles. The van der Waals surface area contributed by atoms with E-state index in [9.17, 15) is 9.90 Å². The van der Waals surface area contributed by atoms with Crippen LogP contribution in [0.3, 0.4) is 0 Å². The maximum absolute atomic E-state index is 12.4. The third-order valence-corrected chi connectivity index (χ3v) is 4.49. The largest absolute Gasteiger partial charge is 0.445 e. The number of halogens is 1. The van der Waals surface area contributed by atoms with Gasteiger partial charge in [-0.1, -0.05) is 58.4 Å². The summed E-state index contributed by atoms with van der Waals surface area (Å²) in [6.45, 7) is 0.726. The molecule has 0 bridgehead atoms. The lowest BCUT2D eigenvalue weighted by atomic mass is 10.0. The van der Waals surface area contributed by atoms with Crippen LogP contribution in [0.15, 0.2) is 59.1 Å². The van der Waals surface area contributed by atoms with Crippen molar-refractivity contribution < 1.29 is 14.6 Å². The summed E-state index contributed by atoms with van der Waals surface area (Å²) in [4.78, 5) is 14.0. The molecule has 120 valence electrons. The van der Waals surface area contributed by atoms with Crippen LogP contribution in [0.2, 0.25) is 0 Å². The predicted octanol–water partition coefficient (Wildman–Crippen LogP) is 3.89. The van der Waals surface area contributed by atoms with Crippen LogP contribution in [-0.4, -0.2) is 28.7 Å². The van der Waals surface area contributed by atoms with E-state index in [0.29, 0.717) is 13.0 Å². The number of likely N-dealkylation sites (tertiary alicyclic amines) is 1. The zero-order valence-electron chi connectivity index (χ0n) is 12.6. The van der Waals surface area contributed by atoms with Crippen LogP contribution >= 0.6 is 15.9 Å². The molecule has 0 saturated carbocycles. The lowest BCUT2D eigenvalue weighted by Gasteiger charge is -2.26. The number of rotatable bonds is 3. The van der Waals surface area contributed by atoms with Gasteiger partial charge in [-0.05, 0) is 29.7 Å². The summed E-state index contributed by atoms with van der Waals surface area (Å²) in [5.41, 5.74) is 1.85. The smallest absolute Gasteiger partial charge is 0.410 e. The minimum absolute atomic E-state index is 0.234. The van der Waals surface area contributed by atoms with Gasteiger partial charge in [0.15, 0.2) is 0 Å². The van der Waals surface area contributed by atoms with Crippen LogP contribution in [0.4, 0.5) is 4.79 Å². The van der Waals surface area contributed by atoms with Crippen molar-refractivity contribution in [2.24, 2.45) is 0 Å². The third kappa shape index (κ3) is 3.74. The molecular weight excluding hydrogens is 358 g/mol. The second-order valence-electron chi connectivity index (χ2n) is 5.59. The molecule has 0 spiro atoms. The third-order valence-electron chi connectivity index (χ3n) is 4.00. The molecule has 3 rings (SSSR count). The van der Waals surface area contributed by atoms with E-state index >= 15 is 0 Å². The fraction of sp³-hybridized carbons (Fsp3) is 0.278. The number of carbonyl (C=O) groups excluding carboxylic acids is 1. The number of hydrogen-bond acceptors (Lipinski definition) is 3. The minimum Gasteiger partial charge on any atom is -0.445 e. The van der Waals surface area contributed by atoms with Crippen molar-refractivity contribution in [3.8, 4) is 0 Å². The monoisotopic (exact) mass is 375 g/mol. The topological polar surface area (TPSA) is 49.8 Å². The molecule has 0 unspecified atom stereocenters. The summed E-state index contributed by atoms with van der Waals surface area (Å²) in [6.07, 6.45) is -0.415. The Bertz CT molecular complexity index is 677. The van der Waals surface area contributed by atoms with Gasteiger partial charge in [-0.25, -0.2) is 4.79 Å². The molecule has 1 aliphatic rings. The molecule has 23 heavy (non-hydrogen) atoms. The predicted molar refractivity (Wildman–Crippen MR) is 90.8 cm³/mol. The second-order valence-corrected chi connectivity index (χ2v) is 6.51. The van der Waals surface area contributed by atoms with Gasteiger partial charge in [-0.15, -0.1) is 0 Å². The van der Waals surface area contributed by atoms with Gasteiger partial charge in [0, 0.05) is 11.0 Å². The highest BCUT2D eigenvalue weighted by atomic mass is 79.9. The molecule has 4 nitrogen and oxygen atoms in total. The van der Waals surface area contributed by atoms with Crippen LogP contribution < -0.4 is 0 Å². The van der Waals surface area contributed by atoms with E-state index in [-0.39, 0.29) is 12.6 Å². The zero-order chi connectivity index (χ0) is 16.2. The quantitative estimate of drug-likeness (QED) is 0.884. The summed E-state index contributed by atoms with van der Waals surface area (Å²) >= 11 is 3.43. The first-order chi connectivity index (χ1) is 11.1. The molecule has 2 aromatic rings. The molecular formula is C18H18BrNO3. The average molecular weight is 376 g/mol. The molecule has 5 heteroatoms. The Kier molecular flexibility index (Phi) is 4.98. The van der Waals surface area contributed by atoms with E-state index in [2.05, 4.69) is 15.9 Å². The van der Waals surface area contributed by atoms with Crippen molar-refractivity contribution in [3.05, 3.63) is 70.2 Å². The van der Waals surface area contributed by atoms with E-state index in [4.69, 9.17) is 4.74 Å². The second kappa shape index (κ2) is 7.15. The van der Waals surface area contributed by atoms with Gasteiger partial charge in [-0.2, -0.15) is 0 Å². The summed E-state index contributed by atoms with van der Waals surface area (Å²) in [7, 11) is 0. The Morgan fingerprint density at radius 3 is 2.74 bits per heavy atom. The number of nitrogens with zero attached hydrogens (tertiary/aromatic N) is 1. The zero-order valence-corrected chi connectivity index (χ0v) is 14.1. The van der Waals surface area contributed by atoms with Gasteiger partial charge in [0.1, 0.15) is 6.61 Å². The van der Waals surface area contributed by atoms with Crippen LogP contribution in [0, 0.1) is 0 Å². The fourth-order valence-electron chi connectivity index (χ4n) is 2.88. The standard InChI is InChI=1S/C18H18BrNO3/c19-15-8-4-7-14(11-15)17-16(21)9-10-20(17)18(22)23-12-13-5-2-1-3-6-13/h1-8,11,16-17,21H,9-10,12H2/t16-,17-/m1/s1. The molecule has 1 fully saturated rings. The minimum atomic E-state index is -0.575. The number of aliphatic hydroxyl groups is 1. The highest BCUT2D eigenvalue weighted by Gasteiger charge is 2.38. The molecule has 0 radical (unpaired) electrons. The maximum atomic E-state index is 12.4. The summed E-state index contributed by atoms with van der Waals surface area (Å²) in [5.74, 6) is 0. The number of carbonyl (C=O) groups is 1. The lowest BCUT2D eigenvalue weighted by Crippen LogP contribution is -2.33. The average Bonchev–Trinajstić information content (AvgIpc) is 2.95. The van der Waals surface area contributed by atoms with Crippen molar-refractivity contribution in [1.82, 2.24) is 4.90 Å². The van der Waals surface area contributed by atoms with Gasteiger partial charge < -0.3 is 9.84 Å². The molecule has 2 atom stereocenters. The number of aliphatic hydroxyl groups excluding tert-OH is 1. The first kappa shape index (κ1) is 16.0. The van der Waals surface area contributed by atoms with Crippen LogP contribution in [0.5, 0.6) is 0 Å². The van der Waals surface area contributed by atoms with E-state index in [1.807, 2.05) is 54.6 Å². The Labute approximate surface area is 143 Å². The van der Waals surface area contributed by atoms with Gasteiger partial charge >= 0.3 is 6.09 Å².